The van der Waals surface area contributed by atoms with Crippen molar-refractivity contribution in [1.82, 2.24) is 9.55 Å². The van der Waals surface area contributed by atoms with Crippen LogP contribution in [0.4, 0.5) is 11.5 Å². The van der Waals surface area contributed by atoms with E-state index in [2.05, 4.69) is 27.6 Å². The molecule has 1 aromatic heterocycles. The zero-order chi connectivity index (χ0) is 20.0. The van der Waals surface area contributed by atoms with Crippen molar-refractivity contribution in [3.8, 4) is 0 Å². The number of anilines is 2. The third-order valence-corrected chi connectivity index (χ3v) is 4.73. The largest absolute Gasteiger partial charge is 0.383 e. The number of nitrogen functional groups attached to an aromatic ring is 1. The molecule has 0 bridgehead atoms. The van der Waals surface area contributed by atoms with Crippen LogP contribution >= 0.6 is 22.6 Å². The molecule has 0 spiro atoms. The van der Waals surface area contributed by atoms with Gasteiger partial charge in [-0.1, -0.05) is 19.4 Å². The van der Waals surface area contributed by atoms with Crippen molar-refractivity contribution < 1.29 is 9.53 Å². The number of hydrogen-bond donors (Lipinski definition) is 2. The molecule has 0 atom stereocenters. The number of aromatic amines is 1. The summed E-state index contributed by atoms with van der Waals surface area (Å²) in [7, 11) is 1.50. The molecule has 3 N–H and O–H groups in total. The Hall–Kier alpha value is -2.14. The third-order valence-electron chi connectivity index (χ3n) is 4.06. The molecular weight excluding hydrogens is 463 g/mol. The summed E-state index contributed by atoms with van der Waals surface area (Å²) in [5.74, 6) is -0.407. The van der Waals surface area contributed by atoms with E-state index in [0.717, 1.165) is 16.4 Å². The predicted octanol–water partition coefficient (Wildman–Crippen LogP) is 1.82. The smallest absolute Gasteiger partial charge is 0.330 e. The maximum atomic E-state index is 13.1. The molecule has 0 saturated heterocycles. The SMILES string of the molecule is CCCCn1c(N)c(N(CCOC)C(=O)c2cccc(I)c2)c(=O)[nH]c1=O. The topological polar surface area (TPSA) is 110 Å². The molecule has 2 rings (SSSR count). The van der Waals surface area contributed by atoms with Crippen LogP contribution < -0.4 is 21.9 Å². The summed E-state index contributed by atoms with van der Waals surface area (Å²) in [4.78, 5) is 41.3. The molecule has 1 heterocycles. The fraction of sp³-hybridized carbons (Fsp3) is 0.389. The van der Waals surface area contributed by atoms with Gasteiger partial charge < -0.3 is 10.5 Å². The van der Waals surface area contributed by atoms with E-state index >= 15 is 0 Å². The molecule has 0 radical (unpaired) electrons. The molecule has 0 unspecified atom stereocenters. The third kappa shape index (κ3) is 4.98. The number of methoxy groups -OCH3 is 1. The summed E-state index contributed by atoms with van der Waals surface area (Å²) in [5.41, 5.74) is 5.26. The van der Waals surface area contributed by atoms with E-state index in [1.807, 2.05) is 13.0 Å². The van der Waals surface area contributed by atoms with Crippen LogP contribution in [-0.2, 0) is 11.3 Å². The van der Waals surface area contributed by atoms with Crippen LogP contribution in [0.25, 0.3) is 0 Å². The van der Waals surface area contributed by atoms with Gasteiger partial charge in [0.2, 0.25) is 0 Å². The lowest BCUT2D eigenvalue weighted by Gasteiger charge is -2.24. The van der Waals surface area contributed by atoms with E-state index in [1.165, 1.54) is 16.6 Å². The second-order valence-corrected chi connectivity index (χ2v) is 7.20. The van der Waals surface area contributed by atoms with Crippen molar-refractivity contribution in [2.75, 3.05) is 30.9 Å². The minimum atomic E-state index is -0.694. The first kappa shape index (κ1) is 21.2. The summed E-state index contributed by atoms with van der Waals surface area (Å²) >= 11 is 2.11. The quantitative estimate of drug-likeness (QED) is 0.554. The second-order valence-electron chi connectivity index (χ2n) is 5.96. The van der Waals surface area contributed by atoms with Gasteiger partial charge in [-0.15, -0.1) is 0 Å². The van der Waals surface area contributed by atoms with Gasteiger partial charge in [0.15, 0.2) is 5.69 Å². The summed E-state index contributed by atoms with van der Waals surface area (Å²) < 4.78 is 7.27. The number of nitrogens with zero attached hydrogens (tertiary/aromatic N) is 2. The van der Waals surface area contributed by atoms with Gasteiger partial charge in [0.05, 0.1) is 6.61 Å². The monoisotopic (exact) mass is 486 g/mol. The second kappa shape index (κ2) is 9.70. The molecule has 27 heavy (non-hydrogen) atoms. The first-order valence-electron chi connectivity index (χ1n) is 8.59. The van der Waals surface area contributed by atoms with Crippen molar-refractivity contribution in [1.29, 1.82) is 0 Å². The van der Waals surface area contributed by atoms with Gasteiger partial charge >= 0.3 is 5.69 Å². The number of aromatic nitrogens is 2. The summed E-state index contributed by atoms with van der Waals surface area (Å²) in [6, 6.07) is 7.02. The summed E-state index contributed by atoms with van der Waals surface area (Å²) in [6.07, 6.45) is 1.58. The minimum absolute atomic E-state index is 0.0210. The number of unbranched alkanes of at least 4 members (excludes halogenated alkanes) is 1. The molecule has 8 nitrogen and oxygen atoms in total. The molecule has 1 amide bonds. The highest BCUT2D eigenvalue weighted by molar-refractivity contribution is 14.1. The molecule has 0 fully saturated rings. The lowest BCUT2D eigenvalue weighted by molar-refractivity contribution is 0.0975. The number of benzene rings is 1. The predicted molar refractivity (Wildman–Crippen MR) is 113 cm³/mol. The molecule has 9 heteroatoms. The van der Waals surface area contributed by atoms with Gasteiger partial charge in [0.25, 0.3) is 11.5 Å². The Bertz CT molecular complexity index is 922. The molecule has 0 aliphatic carbocycles. The zero-order valence-corrected chi connectivity index (χ0v) is 17.5. The Labute approximate surface area is 170 Å². The number of carbonyl (C=O) groups excluding carboxylic acids is 1. The van der Waals surface area contributed by atoms with Crippen LogP contribution in [0.5, 0.6) is 0 Å². The normalized spacial score (nSPS) is 10.8. The maximum Gasteiger partial charge on any atom is 0.330 e. The van der Waals surface area contributed by atoms with Gasteiger partial charge in [-0.05, 0) is 47.2 Å². The first-order valence-corrected chi connectivity index (χ1v) is 9.67. The van der Waals surface area contributed by atoms with Crippen LogP contribution in [0.3, 0.4) is 0 Å². The molecule has 1 aromatic carbocycles. The van der Waals surface area contributed by atoms with Crippen molar-refractivity contribution >= 4 is 40.0 Å². The fourth-order valence-corrected chi connectivity index (χ4v) is 3.19. The minimum Gasteiger partial charge on any atom is -0.383 e. The van der Waals surface area contributed by atoms with Crippen LogP contribution in [0.2, 0.25) is 0 Å². The molecule has 0 aliphatic rings. The van der Waals surface area contributed by atoms with E-state index in [1.54, 1.807) is 18.2 Å². The summed E-state index contributed by atoms with van der Waals surface area (Å²) in [5, 5.41) is 0. The fourth-order valence-electron chi connectivity index (χ4n) is 2.65. The first-order chi connectivity index (χ1) is 12.9. The van der Waals surface area contributed by atoms with Gasteiger partial charge in [0.1, 0.15) is 5.82 Å². The van der Waals surface area contributed by atoms with E-state index in [9.17, 15) is 14.4 Å². The van der Waals surface area contributed by atoms with E-state index in [0.29, 0.717) is 12.1 Å². The Morgan fingerprint density at radius 3 is 2.74 bits per heavy atom. The summed E-state index contributed by atoms with van der Waals surface area (Å²) in [6.45, 7) is 2.68. The number of amides is 1. The van der Waals surface area contributed by atoms with Gasteiger partial charge in [-0.3, -0.25) is 24.0 Å². The van der Waals surface area contributed by atoms with Crippen LogP contribution in [0.15, 0.2) is 33.9 Å². The number of nitrogens with one attached hydrogen (secondary N) is 1. The number of ether oxygens (including phenoxy) is 1. The Balaban J connectivity index is 2.58. The lowest BCUT2D eigenvalue weighted by atomic mass is 10.2. The van der Waals surface area contributed by atoms with E-state index in [4.69, 9.17) is 10.5 Å². The van der Waals surface area contributed by atoms with E-state index in [-0.39, 0.29) is 30.6 Å². The lowest BCUT2D eigenvalue weighted by Crippen LogP contribution is -2.42. The number of rotatable bonds is 8. The highest BCUT2D eigenvalue weighted by atomic mass is 127. The molecule has 146 valence electrons. The number of hydrogen-bond acceptors (Lipinski definition) is 5. The van der Waals surface area contributed by atoms with Crippen molar-refractivity contribution in [3.63, 3.8) is 0 Å². The Kier molecular flexibility index (Phi) is 7.60. The van der Waals surface area contributed by atoms with Crippen molar-refractivity contribution in [2.45, 2.75) is 26.3 Å². The van der Waals surface area contributed by atoms with E-state index < -0.39 is 11.2 Å². The molecule has 0 saturated carbocycles. The average Bonchev–Trinajstić information content (AvgIpc) is 2.63. The van der Waals surface area contributed by atoms with Crippen molar-refractivity contribution in [3.05, 3.63) is 54.2 Å². The zero-order valence-electron chi connectivity index (χ0n) is 15.3. The van der Waals surface area contributed by atoms with Gasteiger partial charge in [-0.2, -0.15) is 0 Å². The number of carbonyl (C=O) groups is 1. The molecule has 0 aliphatic heterocycles. The molecule has 2 aromatic rings. The van der Waals surface area contributed by atoms with Gasteiger partial charge in [-0.25, -0.2) is 4.79 Å². The van der Waals surface area contributed by atoms with Crippen LogP contribution in [-0.4, -0.2) is 35.7 Å². The van der Waals surface area contributed by atoms with Crippen LogP contribution in [0.1, 0.15) is 30.1 Å². The molecular formula is C18H23IN4O4. The number of halogens is 1. The number of nitrogens with two attached hydrogens (primary N) is 1. The standard InChI is InChI=1S/C18H23IN4O4/c1-3-4-8-23-15(20)14(16(24)21-18(23)26)22(9-10-27-2)17(25)12-6-5-7-13(19)11-12/h5-7,11H,3-4,8-10,20H2,1-2H3,(H,21,24,26). The highest BCUT2D eigenvalue weighted by Gasteiger charge is 2.25. The van der Waals surface area contributed by atoms with Gasteiger partial charge in [0, 0.05) is 29.3 Å². The highest BCUT2D eigenvalue weighted by Crippen LogP contribution is 2.20. The number of H-pyrrole nitrogens is 1. The maximum absolute atomic E-state index is 13.1. The van der Waals surface area contributed by atoms with Crippen LogP contribution in [0, 0.1) is 3.57 Å². The Morgan fingerprint density at radius 2 is 2.11 bits per heavy atom. The Morgan fingerprint density at radius 1 is 1.37 bits per heavy atom. The van der Waals surface area contributed by atoms with Crippen molar-refractivity contribution in [2.24, 2.45) is 0 Å². The average molecular weight is 486 g/mol.